The minimum Gasteiger partial charge on any atom is -0.478 e. The number of nitrogens with one attached hydrogen (secondary N) is 1. The number of aliphatic hydroxyl groups is 1. The van der Waals surface area contributed by atoms with Gasteiger partial charge in [-0.05, 0) is 30.0 Å². The average Bonchev–Trinajstić information content (AvgIpc) is 2.29. The van der Waals surface area contributed by atoms with Gasteiger partial charge in [0.05, 0.1) is 5.56 Å². The third kappa shape index (κ3) is 4.51. The fourth-order valence-corrected chi connectivity index (χ4v) is 2.22. The number of aromatic carboxylic acids is 1. The number of aliphatic hydroxyl groups excluding tert-OH is 1. The number of rotatable bonds is 5. The Morgan fingerprint density at radius 2 is 2.05 bits per heavy atom. The van der Waals surface area contributed by atoms with Gasteiger partial charge in [-0.1, -0.05) is 36.7 Å². The van der Waals surface area contributed by atoms with E-state index in [4.69, 9.17) is 5.11 Å². The van der Waals surface area contributed by atoms with E-state index in [9.17, 15) is 9.90 Å². The quantitative estimate of drug-likeness (QED) is 0.774. The molecule has 0 bridgehead atoms. The summed E-state index contributed by atoms with van der Waals surface area (Å²) >= 11 is 3.27. The van der Waals surface area contributed by atoms with Gasteiger partial charge in [0.2, 0.25) is 0 Å². The third-order valence-corrected chi connectivity index (χ3v) is 3.50. The second-order valence-electron chi connectivity index (χ2n) is 5.57. The molecule has 0 heterocycles. The molecule has 1 aromatic rings. The van der Waals surface area contributed by atoms with Crippen molar-refractivity contribution in [2.75, 3.05) is 11.9 Å². The molecular weight excluding hydrogens is 310 g/mol. The van der Waals surface area contributed by atoms with Crippen molar-refractivity contribution in [1.29, 1.82) is 0 Å². The maximum Gasteiger partial charge on any atom is 0.337 e. The van der Waals surface area contributed by atoms with Crippen molar-refractivity contribution in [3.8, 4) is 0 Å². The molecule has 1 atom stereocenters. The highest BCUT2D eigenvalue weighted by Crippen LogP contribution is 2.28. The van der Waals surface area contributed by atoms with Crippen molar-refractivity contribution >= 4 is 27.6 Å². The van der Waals surface area contributed by atoms with E-state index in [1.165, 1.54) is 0 Å². The van der Waals surface area contributed by atoms with Gasteiger partial charge in [0.15, 0.2) is 0 Å². The Kier molecular flexibility index (Phi) is 5.38. The second kappa shape index (κ2) is 6.39. The number of halogens is 1. The van der Waals surface area contributed by atoms with Crippen LogP contribution in [0, 0.1) is 5.41 Å². The summed E-state index contributed by atoms with van der Waals surface area (Å²) in [6, 6.07) is 5.11. The molecule has 1 aromatic carbocycles. The summed E-state index contributed by atoms with van der Waals surface area (Å²) in [6.45, 7) is 6.23. The molecule has 0 amide bonds. The lowest BCUT2D eigenvalue weighted by Crippen LogP contribution is -2.35. The minimum atomic E-state index is -0.972. The van der Waals surface area contributed by atoms with Gasteiger partial charge < -0.3 is 15.5 Å². The number of carbonyl (C=O) groups is 1. The molecule has 0 aromatic heterocycles. The molecule has 19 heavy (non-hydrogen) atoms. The molecule has 106 valence electrons. The number of anilines is 1. The lowest BCUT2D eigenvalue weighted by molar-refractivity contribution is 0.0697. The Morgan fingerprint density at radius 3 is 2.53 bits per heavy atom. The highest BCUT2D eigenvalue weighted by atomic mass is 79.9. The molecular formula is C14H20BrNO3. The zero-order chi connectivity index (χ0) is 14.6. The lowest BCUT2D eigenvalue weighted by atomic mass is 9.84. The Balaban J connectivity index is 3.06. The number of benzene rings is 1. The second-order valence-corrected chi connectivity index (χ2v) is 6.49. The monoisotopic (exact) mass is 329 g/mol. The van der Waals surface area contributed by atoms with E-state index < -0.39 is 5.97 Å². The van der Waals surface area contributed by atoms with Gasteiger partial charge in [0.1, 0.15) is 0 Å². The maximum atomic E-state index is 11.3. The SMILES string of the molecule is CC(C)(C)C(CCO)Nc1ccc(Br)cc1C(=O)O. The van der Waals surface area contributed by atoms with Gasteiger partial charge in [0, 0.05) is 22.8 Å². The molecule has 0 radical (unpaired) electrons. The molecule has 1 rings (SSSR count). The predicted octanol–water partition coefficient (Wildman–Crippen LogP) is 3.36. The van der Waals surface area contributed by atoms with Crippen LogP contribution in [0.5, 0.6) is 0 Å². The van der Waals surface area contributed by atoms with E-state index in [1.54, 1.807) is 18.2 Å². The first-order chi connectivity index (χ1) is 8.75. The van der Waals surface area contributed by atoms with Crippen LogP contribution < -0.4 is 5.32 Å². The first-order valence-corrected chi connectivity index (χ1v) is 6.95. The first-order valence-electron chi connectivity index (χ1n) is 6.16. The van der Waals surface area contributed by atoms with Crippen LogP contribution in [-0.4, -0.2) is 28.8 Å². The summed E-state index contributed by atoms with van der Waals surface area (Å²) in [5, 5.41) is 21.6. The van der Waals surface area contributed by atoms with Gasteiger partial charge in [-0.25, -0.2) is 4.79 Å². The molecule has 0 spiro atoms. The Labute approximate surface area is 122 Å². The van der Waals surface area contributed by atoms with Crippen molar-refractivity contribution in [2.45, 2.75) is 33.2 Å². The van der Waals surface area contributed by atoms with E-state index in [-0.39, 0.29) is 23.6 Å². The molecule has 0 saturated carbocycles. The number of carboxylic acid groups (broad SMARTS) is 1. The van der Waals surface area contributed by atoms with Crippen LogP contribution in [0.1, 0.15) is 37.6 Å². The minimum absolute atomic E-state index is 0.00299. The molecule has 0 aliphatic carbocycles. The average molecular weight is 330 g/mol. The van der Waals surface area contributed by atoms with Gasteiger partial charge in [0.25, 0.3) is 0 Å². The number of hydrogen-bond donors (Lipinski definition) is 3. The van der Waals surface area contributed by atoms with Crippen molar-refractivity contribution < 1.29 is 15.0 Å². The summed E-state index contributed by atoms with van der Waals surface area (Å²) in [4.78, 5) is 11.3. The lowest BCUT2D eigenvalue weighted by Gasteiger charge is -2.32. The first kappa shape index (κ1) is 16.0. The molecule has 0 fully saturated rings. The summed E-state index contributed by atoms with van der Waals surface area (Å²) in [5.41, 5.74) is 0.719. The van der Waals surface area contributed by atoms with Crippen molar-refractivity contribution in [2.24, 2.45) is 5.41 Å². The van der Waals surface area contributed by atoms with Crippen LogP contribution in [0.2, 0.25) is 0 Å². The summed E-state index contributed by atoms with van der Waals surface area (Å²) in [7, 11) is 0. The molecule has 3 N–H and O–H groups in total. The van der Waals surface area contributed by atoms with Crippen LogP contribution in [0.25, 0.3) is 0 Å². The summed E-state index contributed by atoms with van der Waals surface area (Å²) in [5.74, 6) is -0.972. The van der Waals surface area contributed by atoms with E-state index >= 15 is 0 Å². The Morgan fingerprint density at radius 1 is 1.42 bits per heavy atom. The molecule has 1 unspecified atom stereocenters. The van der Waals surface area contributed by atoms with Crippen LogP contribution in [0.3, 0.4) is 0 Å². The summed E-state index contributed by atoms with van der Waals surface area (Å²) < 4.78 is 0.727. The van der Waals surface area contributed by atoms with Crippen LogP contribution in [0.15, 0.2) is 22.7 Å². The topological polar surface area (TPSA) is 69.6 Å². The molecule has 0 saturated heterocycles. The highest BCUT2D eigenvalue weighted by Gasteiger charge is 2.25. The van der Waals surface area contributed by atoms with E-state index in [0.29, 0.717) is 12.1 Å². The summed E-state index contributed by atoms with van der Waals surface area (Å²) in [6.07, 6.45) is 0.568. The smallest absolute Gasteiger partial charge is 0.337 e. The maximum absolute atomic E-state index is 11.3. The molecule has 5 heteroatoms. The largest absolute Gasteiger partial charge is 0.478 e. The van der Waals surface area contributed by atoms with E-state index in [2.05, 4.69) is 42.0 Å². The Hall–Kier alpha value is -1.07. The predicted molar refractivity (Wildman–Crippen MR) is 79.7 cm³/mol. The molecule has 4 nitrogen and oxygen atoms in total. The van der Waals surface area contributed by atoms with E-state index in [0.717, 1.165) is 4.47 Å². The van der Waals surface area contributed by atoms with Crippen LogP contribution in [0.4, 0.5) is 5.69 Å². The van der Waals surface area contributed by atoms with E-state index in [1.807, 2.05) is 0 Å². The zero-order valence-electron chi connectivity index (χ0n) is 11.4. The van der Waals surface area contributed by atoms with Gasteiger partial charge in [-0.3, -0.25) is 0 Å². The van der Waals surface area contributed by atoms with Gasteiger partial charge >= 0.3 is 5.97 Å². The third-order valence-electron chi connectivity index (χ3n) is 3.00. The Bertz CT molecular complexity index is 454. The highest BCUT2D eigenvalue weighted by molar-refractivity contribution is 9.10. The van der Waals surface area contributed by atoms with Crippen LogP contribution in [-0.2, 0) is 0 Å². The zero-order valence-corrected chi connectivity index (χ0v) is 13.0. The fraction of sp³-hybridized carbons (Fsp3) is 0.500. The molecule has 0 aliphatic rings. The van der Waals surface area contributed by atoms with Crippen molar-refractivity contribution in [3.05, 3.63) is 28.2 Å². The van der Waals surface area contributed by atoms with Crippen molar-refractivity contribution in [1.82, 2.24) is 0 Å². The number of hydrogen-bond acceptors (Lipinski definition) is 3. The normalized spacial score (nSPS) is 13.1. The standard InChI is InChI=1S/C14H20BrNO3/c1-14(2,3)12(6-7-17)16-11-5-4-9(15)8-10(11)13(18)19/h4-5,8,12,16-17H,6-7H2,1-3H3,(H,18,19). The molecule has 0 aliphatic heterocycles. The number of carboxylic acids is 1. The van der Waals surface area contributed by atoms with Crippen molar-refractivity contribution in [3.63, 3.8) is 0 Å². The van der Waals surface area contributed by atoms with Crippen LogP contribution >= 0.6 is 15.9 Å². The fourth-order valence-electron chi connectivity index (χ4n) is 1.86. The van der Waals surface area contributed by atoms with Gasteiger partial charge in [-0.15, -0.1) is 0 Å². The van der Waals surface area contributed by atoms with Gasteiger partial charge in [-0.2, -0.15) is 0 Å².